The molecule has 25 heavy (non-hydrogen) atoms. The molecule has 4 bridgehead atoms. The van der Waals surface area contributed by atoms with Crippen LogP contribution in [0.5, 0.6) is 0 Å². The van der Waals surface area contributed by atoms with E-state index >= 15 is 0 Å². The fraction of sp³-hybridized carbons (Fsp3) is 0.762. The van der Waals surface area contributed by atoms with Gasteiger partial charge in [-0.3, -0.25) is 4.79 Å². The number of amides is 1. The third kappa shape index (κ3) is 2.40. The van der Waals surface area contributed by atoms with Crippen LogP contribution in [0.2, 0.25) is 0 Å². The molecule has 4 saturated carbocycles. The number of rotatable bonds is 3. The maximum atomic E-state index is 13.0. The van der Waals surface area contributed by atoms with Crippen molar-refractivity contribution in [3.05, 3.63) is 23.4 Å². The summed E-state index contributed by atoms with van der Waals surface area (Å²) in [6.07, 6.45) is 13.4. The highest BCUT2D eigenvalue weighted by Crippen LogP contribution is 2.67. The first kappa shape index (κ1) is 15.9. The number of nitrogens with two attached hydrogens (primary N) is 1. The fourth-order valence-corrected chi connectivity index (χ4v) is 7.01. The van der Waals surface area contributed by atoms with Crippen LogP contribution in [-0.2, 0) is 4.79 Å². The van der Waals surface area contributed by atoms with Crippen molar-refractivity contribution < 1.29 is 9.90 Å². The number of nitrogens with zero attached hydrogens (tertiary/aromatic N) is 1. The Bertz CT molecular complexity index is 616. The average Bonchev–Trinajstić information content (AvgIpc) is 2.55. The molecule has 3 N–H and O–H groups in total. The molecular weight excluding hydrogens is 312 g/mol. The number of β-amino-alcohol motifs (C(OH)–C–C–N with tert-alkyl or cyclic N) is 1. The van der Waals surface area contributed by atoms with Crippen LogP contribution >= 0.6 is 0 Å². The molecular formula is C21H30N2O2. The van der Waals surface area contributed by atoms with Gasteiger partial charge in [0.15, 0.2) is 0 Å². The molecule has 0 spiro atoms. The van der Waals surface area contributed by atoms with Gasteiger partial charge in [-0.25, -0.2) is 0 Å². The molecule has 5 aliphatic carbocycles. The van der Waals surface area contributed by atoms with Crippen molar-refractivity contribution in [3.63, 3.8) is 0 Å². The summed E-state index contributed by atoms with van der Waals surface area (Å²) in [6, 6.07) is 0. The smallest absolute Gasteiger partial charge is 0.223 e. The minimum absolute atomic E-state index is 0.0717. The van der Waals surface area contributed by atoms with Crippen LogP contribution in [0.1, 0.15) is 51.4 Å². The minimum atomic E-state index is -0.310. The Hall–Kier alpha value is -1.29. The van der Waals surface area contributed by atoms with Gasteiger partial charge in [-0.1, -0.05) is 11.6 Å². The zero-order valence-corrected chi connectivity index (χ0v) is 15.0. The average molecular weight is 342 g/mol. The predicted molar refractivity (Wildman–Crippen MR) is 96.3 cm³/mol. The first-order valence-corrected chi connectivity index (χ1v) is 10.2. The summed E-state index contributed by atoms with van der Waals surface area (Å²) in [5, 5.41) is 9.59. The highest BCUT2D eigenvalue weighted by Gasteiger charge is 2.59. The molecule has 5 fully saturated rings. The van der Waals surface area contributed by atoms with Crippen LogP contribution in [0, 0.1) is 29.1 Å². The summed E-state index contributed by atoms with van der Waals surface area (Å²) < 4.78 is 0. The maximum absolute atomic E-state index is 13.0. The third-order valence-corrected chi connectivity index (χ3v) is 8.03. The van der Waals surface area contributed by atoms with E-state index in [1.54, 1.807) is 0 Å². The first-order chi connectivity index (χ1) is 12.0. The zero-order chi connectivity index (χ0) is 17.2. The molecule has 0 unspecified atom stereocenters. The van der Waals surface area contributed by atoms with Gasteiger partial charge >= 0.3 is 0 Å². The van der Waals surface area contributed by atoms with Gasteiger partial charge in [0, 0.05) is 30.6 Å². The second-order valence-electron chi connectivity index (χ2n) is 9.41. The number of likely N-dealkylation sites (tertiary alicyclic amines) is 1. The molecule has 0 atom stereocenters. The highest BCUT2D eigenvalue weighted by molar-refractivity contribution is 5.78. The van der Waals surface area contributed by atoms with Crippen molar-refractivity contribution in [2.45, 2.75) is 57.5 Å². The van der Waals surface area contributed by atoms with Crippen molar-refractivity contribution in [3.8, 4) is 0 Å². The van der Waals surface area contributed by atoms with Crippen LogP contribution in [0.4, 0.5) is 0 Å². The van der Waals surface area contributed by atoms with Crippen LogP contribution in [0.3, 0.4) is 0 Å². The summed E-state index contributed by atoms with van der Waals surface area (Å²) in [5.74, 6) is 3.43. The largest absolute Gasteiger partial charge is 0.402 e. The van der Waals surface area contributed by atoms with Crippen LogP contribution in [-0.4, -0.2) is 35.1 Å². The van der Waals surface area contributed by atoms with E-state index in [-0.39, 0.29) is 17.4 Å². The van der Waals surface area contributed by atoms with E-state index in [9.17, 15) is 9.90 Å². The maximum Gasteiger partial charge on any atom is 0.223 e. The third-order valence-electron chi connectivity index (χ3n) is 8.03. The van der Waals surface area contributed by atoms with Gasteiger partial charge in [-0.05, 0) is 74.7 Å². The molecule has 0 aromatic rings. The summed E-state index contributed by atoms with van der Waals surface area (Å²) in [4.78, 5) is 14.9. The van der Waals surface area contributed by atoms with Gasteiger partial charge in [0.05, 0.1) is 6.10 Å². The van der Waals surface area contributed by atoms with Crippen molar-refractivity contribution in [1.29, 1.82) is 0 Å². The number of hydrogen-bond donors (Lipinski definition) is 2. The van der Waals surface area contributed by atoms with E-state index in [2.05, 4.69) is 12.2 Å². The van der Waals surface area contributed by atoms with E-state index in [4.69, 9.17) is 5.73 Å². The van der Waals surface area contributed by atoms with Gasteiger partial charge in [0.25, 0.3) is 0 Å². The molecule has 1 aliphatic heterocycles. The van der Waals surface area contributed by atoms with E-state index in [1.165, 1.54) is 37.7 Å². The molecule has 6 aliphatic rings. The van der Waals surface area contributed by atoms with E-state index in [0.717, 1.165) is 30.4 Å². The number of aliphatic hydroxyl groups is 1. The Balaban J connectivity index is 1.49. The molecule has 1 heterocycles. The Morgan fingerprint density at radius 3 is 2.24 bits per heavy atom. The number of carbonyl (C=O) groups is 1. The van der Waals surface area contributed by atoms with Crippen molar-refractivity contribution in [1.82, 2.24) is 4.90 Å². The fourth-order valence-electron chi connectivity index (χ4n) is 7.01. The monoisotopic (exact) mass is 342 g/mol. The molecule has 0 aromatic carbocycles. The van der Waals surface area contributed by atoms with Gasteiger partial charge in [0.1, 0.15) is 0 Å². The predicted octanol–water partition coefficient (Wildman–Crippen LogP) is 2.58. The Kier molecular flexibility index (Phi) is 3.57. The van der Waals surface area contributed by atoms with Gasteiger partial charge in [0.2, 0.25) is 5.91 Å². The van der Waals surface area contributed by atoms with Gasteiger partial charge < -0.3 is 15.7 Å². The minimum Gasteiger partial charge on any atom is -0.402 e. The van der Waals surface area contributed by atoms with E-state index in [1.807, 2.05) is 4.90 Å². The summed E-state index contributed by atoms with van der Waals surface area (Å²) in [5.41, 5.74) is 8.57. The Morgan fingerprint density at radius 2 is 1.72 bits per heavy atom. The Labute approximate surface area is 150 Å². The van der Waals surface area contributed by atoms with Crippen LogP contribution in [0.15, 0.2) is 23.4 Å². The number of aliphatic hydroxyl groups excluding tert-OH is 1. The van der Waals surface area contributed by atoms with Crippen molar-refractivity contribution >= 4 is 5.91 Å². The number of carbonyl (C=O) groups excluding carboxylic acids is 1. The van der Waals surface area contributed by atoms with Crippen molar-refractivity contribution in [2.75, 3.05) is 13.1 Å². The lowest BCUT2D eigenvalue weighted by atomic mass is 9.42. The number of hydrogen-bond acceptors (Lipinski definition) is 3. The molecule has 0 aromatic heterocycles. The molecule has 1 amide bonds. The lowest BCUT2D eigenvalue weighted by Crippen LogP contribution is -2.58. The molecule has 0 radical (unpaired) electrons. The Morgan fingerprint density at radius 1 is 1.08 bits per heavy atom. The quantitative estimate of drug-likeness (QED) is 0.828. The van der Waals surface area contributed by atoms with Crippen molar-refractivity contribution in [2.24, 2.45) is 34.8 Å². The lowest BCUT2D eigenvalue weighted by Gasteiger charge is -2.62. The first-order valence-electron chi connectivity index (χ1n) is 10.2. The topological polar surface area (TPSA) is 66.6 Å². The van der Waals surface area contributed by atoms with Crippen LogP contribution in [0.25, 0.3) is 0 Å². The van der Waals surface area contributed by atoms with Gasteiger partial charge in [-0.15, -0.1) is 0 Å². The standard InChI is InChI=1S/C21H30N2O2/c22-18-3-1-15(2-4-18)21(10-20(25)23-11-19(24)12-23)16-6-13-5-14(8-16)9-17(21)7-13/h1,3,13-14,16-17,19,24H,2,4-12,22H2. The molecule has 4 nitrogen and oxygen atoms in total. The van der Waals surface area contributed by atoms with E-state index in [0.29, 0.717) is 31.3 Å². The van der Waals surface area contributed by atoms with Gasteiger partial charge in [-0.2, -0.15) is 0 Å². The zero-order valence-electron chi connectivity index (χ0n) is 15.0. The summed E-state index contributed by atoms with van der Waals surface area (Å²) >= 11 is 0. The second-order valence-corrected chi connectivity index (χ2v) is 9.41. The number of allylic oxidation sites excluding steroid dienone is 4. The second kappa shape index (κ2) is 5.60. The van der Waals surface area contributed by atoms with Crippen LogP contribution < -0.4 is 5.73 Å². The molecule has 4 heteroatoms. The summed E-state index contributed by atoms with van der Waals surface area (Å²) in [7, 11) is 0. The lowest BCUT2D eigenvalue weighted by molar-refractivity contribution is -0.152. The normalized spacial score (nSPS) is 42.8. The van der Waals surface area contributed by atoms with E-state index < -0.39 is 0 Å². The molecule has 1 saturated heterocycles. The highest BCUT2D eigenvalue weighted by atomic mass is 16.3. The molecule has 6 rings (SSSR count). The summed E-state index contributed by atoms with van der Waals surface area (Å²) in [6.45, 7) is 1.06. The SMILES string of the molecule is NC1=CC=C(C2(CC(=O)N3CC(O)C3)C3CC4CC(C3)CC2C4)CC1. The molecule has 136 valence electrons.